The van der Waals surface area contributed by atoms with Crippen LogP contribution in [0.1, 0.15) is 6.92 Å². The molecule has 0 aromatic carbocycles. The molecule has 0 aromatic rings. The minimum absolute atomic E-state index is 0.361. The Hall–Kier alpha value is 0.210. The highest BCUT2D eigenvalue weighted by Crippen LogP contribution is 1.84. The van der Waals surface area contributed by atoms with Gasteiger partial charge in [-0.1, -0.05) is 0 Å². The molecule has 0 amide bonds. The maximum absolute atomic E-state index is 9.21. The third-order valence-corrected chi connectivity index (χ3v) is 0. The van der Waals surface area contributed by atoms with E-state index in [0.29, 0.717) is 0 Å². The molecule has 0 heterocycles. The quantitative estimate of drug-likeness (QED) is 0.532. The van der Waals surface area contributed by atoms with E-state index in [9.17, 15) is 4.79 Å². The van der Waals surface area contributed by atoms with Gasteiger partial charge in [0.15, 0.2) is 0 Å². The molecule has 5 heteroatoms. The lowest BCUT2D eigenvalue weighted by molar-refractivity contribution is -0.109. The van der Waals surface area contributed by atoms with Crippen LogP contribution in [0.3, 0.4) is 0 Å². The van der Waals surface area contributed by atoms with Gasteiger partial charge >= 0.3 is 4.70 Å². The Balaban J connectivity index is 0. The van der Waals surface area contributed by atoms with E-state index in [1.54, 1.807) is 0 Å². The summed E-state index contributed by atoms with van der Waals surface area (Å²) in [5, 5.41) is -0.361. The van der Waals surface area contributed by atoms with Crippen LogP contribution in [0.5, 0.6) is 0 Å². The van der Waals surface area contributed by atoms with Crippen molar-refractivity contribution in [3.05, 3.63) is 0 Å². The molecule has 0 fully saturated rings. The van der Waals surface area contributed by atoms with Gasteiger partial charge in [0.1, 0.15) is 0 Å². The van der Waals surface area contributed by atoms with Gasteiger partial charge in [0.25, 0.3) is 0 Å². The van der Waals surface area contributed by atoms with Gasteiger partial charge in [-0.05, 0) is 34.8 Å². The molecule has 48 valence electrons. The van der Waals surface area contributed by atoms with Crippen molar-refractivity contribution < 1.29 is 9.59 Å². The molecule has 0 aliphatic heterocycles. The summed E-state index contributed by atoms with van der Waals surface area (Å²) >= 11 is 13.4. The van der Waals surface area contributed by atoms with E-state index in [4.69, 9.17) is 4.79 Å². The highest BCUT2D eigenvalue weighted by molar-refractivity contribution is 6.93. The van der Waals surface area contributed by atoms with E-state index < -0.39 is 4.70 Å². The third kappa shape index (κ3) is 3820. The number of rotatable bonds is 0. The van der Waals surface area contributed by atoms with Crippen molar-refractivity contribution in [1.29, 1.82) is 0 Å². The molecule has 0 unspecified atom stereocenters. The highest BCUT2D eigenvalue weighted by Gasteiger charge is 1.72. The van der Waals surface area contributed by atoms with Gasteiger partial charge in [0.2, 0.25) is 5.24 Å². The van der Waals surface area contributed by atoms with Crippen LogP contribution in [0.4, 0.5) is 4.79 Å². The molecule has 0 radical (unpaired) electrons. The van der Waals surface area contributed by atoms with Gasteiger partial charge in [-0.15, -0.1) is 0 Å². The Morgan fingerprint density at radius 3 is 1.12 bits per heavy atom. The minimum Gasteiger partial charge on any atom is -0.282 e. The summed E-state index contributed by atoms with van der Waals surface area (Å²) in [6.45, 7) is 1.29. The molecule has 0 rings (SSSR count). The van der Waals surface area contributed by atoms with E-state index in [0.717, 1.165) is 0 Å². The number of hydrogen-bond acceptors (Lipinski definition) is 2. The summed E-state index contributed by atoms with van der Waals surface area (Å²) in [5.74, 6) is 0. The summed E-state index contributed by atoms with van der Waals surface area (Å²) in [5.41, 5.74) is 0. The lowest BCUT2D eigenvalue weighted by Gasteiger charge is -1.52. The van der Waals surface area contributed by atoms with Gasteiger partial charge in [0.05, 0.1) is 0 Å². The van der Waals surface area contributed by atoms with Crippen molar-refractivity contribution in [2.24, 2.45) is 0 Å². The summed E-state index contributed by atoms with van der Waals surface area (Å²) in [6, 6.07) is 0. The van der Waals surface area contributed by atoms with E-state index in [1.165, 1.54) is 6.92 Å². The SMILES string of the molecule is CC(=O)Cl.O=C(Cl)Cl. The molecule has 2 nitrogen and oxygen atoms in total. The molecule has 0 atom stereocenters. The lowest BCUT2D eigenvalue weighted by Crippen LogP contribution is -1.62. The Kier molecular flexibility index (Phi) is 9.97. The van der Waals surface area contributed by atoms with Gasteiger partial charge < -0.3 is 0 Å². The third-order valence-electron chi connectivity index (χ3n) is 0. The molecule has 0 N–H and O–H groups in total. The standard InChI is InChI=1S/C2H3ClO.CCl2O/c1-2(3)4;2-1(3)4/h1H3;. The Labute approximate surface area is 61.7 Å². The second kappa shape index (κ2) is 7.21. The van der Waals surface area contributed by atoms with Gasteiger partial charge in [0, 0.05) is 6.92 Å². The lowest BCUT2D eigenvalue weighted by atomic mass is 10.9. The van der Waals surface area contributed by atoms with Crippen LogP contribution >= 0.6 is 34.8 Å². The van der Waals surface area contributed by atoms with Crippen LogP contribution in [0, 0.1) is 0 Å². The number of hydrogen-bond donors (Lipinski definition) is 0. The second-order valence-corrected chi connectivity index (χ2v) is 2.11. The van der Waals surface area contributed by atoms with E-state index in [-0.39, 0.29) is 5.24 Å². The van der Waals surface area contributed by atoms with Gasteiger partial charge in [-0.25, -0.2) is 0 Å². The summed E-state index contributed by atoms with van der Waals surface area (Å²) < 4.78 is -0.889. The average molecular weight is 177 g/mol. The summed E-state index contributed by atoms with van der Waals surface area (Å²) in [4.78, 5) is 18.2. The smallest absolute Gasteiger partial charge is 0.282 e. The number of halogens is 3. The van der Waals surface area contributed by atoms with Crippen LogP contribution < -0.4 is 0 Å². The van der Waals surface area contributed by atoms with Gasteiger partial charge in [-0.2, -0.15) is 0 Å². The first kappa shape index (κ1) is 11.1. The molecule has 0 aliphatic carbocycles. The molecule has 0 bridgehead atoms. The van der Waals surface area contributed by atoms with Crippen molar-refractivity contribution in [3.63, 3.8) is 0 Å². The first-order valence-corrected chi connectivity index (χ1v) is 2.61. The average Bonchev–Trinajstić information content (AvgIpc) is 1.25. The minimum atomic E-state index is -0.889. The Bertz CT molecular complexity index is 70.5. The van der Waals surface area contributed by atoms with E-state index >= 15 is 0 Å². The molecule has 8 heavy (non-hydrogen) atoms. The van der Waals surface area contributed by atoms with Crippen molar-refractivity contribution in [2.75, 3.05) is 0 Å². The van der Waals surface area contributed by atoms with Crippen LogP contribution in [0.25, 0.3) is 0 Å². The second-order valence-electron chi connectivity index (χ2n) is 0.696. The van der Waals surface area contributed by atoms with Crippen LogP contribution in [-0.2, 0) is 4.79 Å². The number of carbonyl (C=O) groups excluding carboxylic acids is 2. The van der Waals surface area contributed by atoms with Crippen LogP contribution in [0.15, 0.2) is 0 Å². The summed E-state index contributed by atoms with van der Waals surface area (Å²) in [6.07, 6.45) is 0. The molecule has 0 saturated carbocycles. The first-order chi connectivity index (χ1) is 3.46. The highest BCUT2D eigenvalue weighted by atomic mass is 35.5. The molecule has 0 aromatic heterocycles. The van der Waals surface area contributed by atoms with Crippen molar-refractivity contribution in [3.8, 4) is 0 Å². The largest absolute Gasteiger partial charge is 0.313 e. The summed E-state index contributed by atoms with van der Waals surface area (Å²) in [7, 11) is 0. The predicted molar refractivity (Wildman–Crippen MR) is 33.6 cm³/mol. The van der Waals surface area contributed by atoms with Crippen molar-refractivity contribution >= 4 is 44.7 Å². The predicted octanol–water partition coefficient (Wildman–Crippen LogP) is 2.36. The van der Waals surface area contributed by atoms with Crippen molar-refractivity contribution in [2.45, 2.75) is 6.92 Å². The number of carbonyl (C=O) groups is 2. The van der Waals surface area contributed by atoms with Crippen molar-refractivity contribution in [1.82, 2.24) is 0 Å². The maximum atomic E-state index is 9.21. The molecular formula is C3H3Cl3O2. The van der Waals surface area contributed by atoms with E-state index in [2.05, 4.69) is 34.8 Å². The fourth-order valence-electron chi connectivity index (χ4n) is 0. The first-order valence-electron chi connectivity index (χ1n) is 1.48. The fraction of sp³-hybridized carbons (Fsp3) is 0.333. The molecule has 0 spiro atoms. The monoisotopic (exact) mass is 176 g/mol. The Morgan fingerprint density at radius 2 is 1.12 bits per heavy atom. The fourth-order valence-corrected chi connectivity index (χ4v) is 0. The zero-order valence-electron chi connectivity index (χ0n) is 3.95. The zero-order chi connectivity index (χ0) is 7.15. The van der Waals surface area contributed by atoms with Crippen LogP contribution in [0.2, 0.25) is 0 Å². The zero-order valence-corrected chi connectivity index (χ0v) is 6.22. The Morgan fingerprint density at radius 1 is 1.12 bits per heavy atom. The van der Waals surface area contributed by atoms with E-state index in [1.807, 2.05) is 0 Å². The molecule has 0 aliphatic rings. The maximum Gasteiger partial charge on any atom is 0.313 e. The van der Waals surface area contributed by atoms with Gasteiger partial charge in [-0.3, -0.25) is 9.59 Å². The molecule has 0 saturated heterocycles. The van der Waals surface area contributed by atoms with Crippen LogP contribution in [-0.4, -0.2) is 9.94 Å². The topological polar surface area (TPSA) is 34.1 Å². The molecular weight excluding hydrogens is 174 g/mol. The normalized spacial score (nSPS) is 6.50.